The Bertz CT molecular complexity index is 390. The predicted octanol–water partition coefficient (Wildman–Crippen LogP) is 4.49. The van der Waals surface area contributed by atoms with Gasteiger partial charge in [-0.1, -0.05) is 42.6 Å². The van der Waals surface area contributed by atoms with Gasteiger partial charge in [-0.2, -0.15) is 0 Å². The maximum absolute atomic E-state index is 13.5. The standard InChI is InChI=1S/C16H26BrFN2/c1-3-5-9-20(10-6-4-2)16(12-19)14-11-13(18)7-8-15(14)17/h7-8,11,16H,3-6,9-10,12,19H2,1-2H3. The molecule has 1 unspecified atom stereocenters. The van der Waals surface area contributed by atoms with Crippen LogP contribution in [0, 0.1) is 5.82 Å². The van der Waals surface area contributed by atoms with Gasteiger partial charge in [0, 0.05) is 17.1 Å². The van der Waals surface area contributed by atoms with Crippen LogP contribution in [-0.4, -0.2) is 24.5 Å². The number of nitrogens with two attached hydrogens (primary N) is 1. The molecule has 0 radical (unpaired) electrons. The van der Waals surface area contributed by atoms with Crippen LogP contribution in [0.1, 0.15) is 51.1 Å². The molecule has 0 saturated carbocycles. The first kappa shape index (κ1) is 17.6. The van der Waals surface area contributed by atoms with Crippen LogP contribution >= 0.6 is 15.9 Å². The molecular weight excluding hydrogens is 319 g/mol. The quantitative estimate of drug-likeness (QED) is 0.714. The highest BCUT2D eigenvalue weighted by Gasteiger charge is 2.20. The summed E-state index contributed by atoms with van der Waals surface area (Å²) in [5.41, 5.74) is 6.94. The SMILES string of the molecule is CCCCN(CCCC)C(CN)c1cc(F)ccc1Br. The van der Waals surface area contributed by atoms with E-state index < -0.39 is 0 Å². The van der Waals surface area contributed by atoms with E-state index >= 15 is 0 Å². The molecule has 1 atom stereocenters. The highest BCUT2D eigenvalue weighted by Crippen LogP contribution is 2.28. The van der Waals surface area contributed by atoms with E-state index in [2.05, 4.69) is 34.7 Å². The summed E-state index contributed by atoms with van der Waals surface area (Å²) in [7, 11) is 0. The fourth-order valence-electron chi connectivity index (χ4n) is 2.39. The lowest BCUT2D eigenvalue weighted by Gasteiger charge is -2.32. The minimum Gasteiger partial charge on any atom is -0.329 e. The second kappa shape index (κ2) is 9.48. The lowest BCUT2D eigenvalue weighted by Crippen LogP contribution is -2.35. The highest BCUT2D eigenvalue weighted by atomic mass is 79.9. The minimum absolute atomic E-state index is 0.0816. The Hall–Kier alpha value is -0.450. The van der Waals surface area contributed by atoms with Crippen LogP contribution in [0.25, 0.3) is 0 Å². The van der Waals surface area contributed by atoms with Crippen molar-refractivity contribution in [2.75, 3.05) is 19.6 Å². The third-order valence-corrected chi connectivity index (χ3v) is 4.30. The summed E-state index contributed by atoms with van der Waals surface area (Å²) in [5, 5.41) is 0. The molecule has 20 heavy (non-hydrogen) atoms. The van der Waals surface area contributed by atoms with Crippen molar-refractivity contribution < 1.29 is 4.39 Å². The van der Waals surface area contributed by atoms with Crippen LogP contribution in [0.4, 0.5) is 4.39 Å². The average molecular weight is 345 g/mol. The summed E-state index contributed by atoms with van der Waals surface area (Å²) in [6, 6.07) is 4.93. The summed E-state index contributed by atoms with van der Waals surface area (Å²) in [4.78, 5) is 2.40. The zero-order chi connectivity index (χ0) is 15.0. The number of rotatable bonds is 9. The van der Waals surface area contributed by atoms with Gasteiger partial charge in [0.1, 0.15) is 5.82 Å². The van der Waals surface area contributed by atoms with Crippen molar-refractivity contribution >= 4 is 15.9 Å². The Morgan fingerprint density at radius 2 is 1.80 bits per heavy atom. The van der Waals surface area contributed by atoms with Gasteiger partial charge in [-0.15, -0.1) is 0 Å². The number of halogens is 2. The van der Waals surface area contributed by atoms with E-state index in [0.29, 0.717) is 6.54 Å². The van der Waals surface area contributed by atoms with E-state index in [4.69, 9.17) is 5.73 Å². The fourth-order valence-corrected chi connectivity index (χ4v) is 2.90. The Balaban J connectivity index is 2.94. The molecule has 0 aliphatic rings. The Morgan fingerprint density at radius 1 is 1.20 bits per heavy atom. The second-order valence-electron chi connectivity index (χ2n) is 5.16. The van der Waals surface area contributed by atoms with Crippen LogP contribution < -0.4 is 5.73 Å². The van der Waals surface area contributed by atoms with Gasteiger partial charge in [0.05, 0.1) is 0 Å². The van der Waals surface area contributed by atoms with E-state index in [1.54, 1.807) is 12.1 Å². The zero-order valence-electron chi connectivity index (χ0n) is 12.5. The first-order valence-electron chi connectivity index (χ1n) is 7.53. The number of hydrogen-bond donors (Lipinski definition) is 1. The number of hydrogen-bond acceptors (Lipinski definition) is 2. The second-order valence-corrected chi connectivity index (χ2v) is 6.01. The van der Waals surface area contributed by atoms with E-state index in [-0.39, 0.29) is 11.9 Å². The van der Waals surface area contributed by atoms with Crippen molar-refractivity contribution in [2.45, 2.75) is 45.6 Å². The minimum atomic E-state index is -0.201. The topological polar surface area (TPSA) is 29.3 Å². The molecule has 1 rings (SSSR count). The first-order chi connectivity index (χ1) is 9.63. The normalized spacial score (nSPS) is 12.9. The summed E-state index contributed by atoms with van der Waals surface area (Å²) >= 11 is 3.53. The molecule has 0 amide bonds. The van der Waals surface area contributed by atoms with Crippen LogP contribution in [0.15, 0.2) is 22.7 Å². The van der Waals surface area contributed by atoms with Gasteiger partial charge in [-0.25, -0.2) is 4.39 Å². The van der Waals surface area contributed by atoms with Gasteiger partial charge < -0.3 is 5.73 Å². The summed E-state index contributed by atoms with van der Waals surface area (Å²) in [6.07, 6.45) is 4.61. The molecule has 0 aliphatic heterocycles. The van der Waals surface area contributed by atoms with Gasteiger partial charge >= 0.3 is 0 Å². The molecule has 0 spiro atoms. The van der Waals surface area contributed by atoms with Gasteiger partial charge in [0.2, 0.25) is 0 Å². The van der Waals surface area contributed by atoms with Crippen molar-refractivity contribution in [2.24, 2.45) is 5.73 Å². The fraction of sp³-hybridized carbons (Fsp3) is 0.625. The van der Waals surface area contributed by atoms with Crippen molar-refractivity contribution in [3.8, 4) is 0 Å². The predicted molar refractivity (Wildman–Crippen MR) is 87.3 cm³/mol. The Kier molecular flexibility index (Phi) is 8.34. The largest absolute Gasteiger partial charge is 0.329 e. The molecule has 2 N–H and O–H groups in total. The van der Waals surface area contributed by atoms with Gasteiger partial charge in [-0.3, -0.25) is 4.90 Å². The highest BCUT2D eigenvalue weighted by molar-refractivity contribution is 9.10. The summed E-state index contributed by atoms with van der Waals surface area (Å²) in [6.45, 7) is 6.92. The third kappa shape index (κ3) is 5.15. The van der Waals surface area contributed by atoms with Crippen LogP contribution in [-0.2, 0) is 0 Å². The average Bonchev–Trinajstić information content (AvgIpc) is 2.45. The molecule has 0 bridgehead atoms. The van der Waals surface area contributed by atoms with Crippen LogP contribution in [0.5, 0.6) is 0 Å². The maximum Gasteiger partial charge on any atom is 0.123 e. The molecule has 4 heteroatoms. The molecule has 0 aliphatic carbocycles. The molecule has 2 nitrogen and oxygen atoms in total. The van der Waals surface area contributed by atoms with Crippen molar-refractivity contribution in [1.29, 1.82) is 0 Å². The number of benzene rings is 1. The monoisotopic (exact) mass is 344 g/mol. The molecule has 0 heterocycles. The van der Waals surface area contributed by atoms with E-state index in [0.717, 1.165) is 48.8 Å². The van der Waals surface area contributed by atoms with Crippen LogP contribution in [0.3, 0.4) is 0 Å². The molecular formula is C16H26BrFN2. The lowest BCUT2D eigenvalue weighted by atomic mass is 10.0. The van der Waals surface area contributed by atoms with Gasteiger partial charge in [0.25, 0.3) is 0 Å². The first-order valence-corrected chi connectivity index (χ1v) is 8.32. The van der Waals surface area contributed by atoms with E-state index in [1.165, 1.54) is 6.07 Å². The molecule has 1 aromatic carbocycles. The van der Waals surface area contributed by atoms with E-state index in [1.807, 2.05) is 0 Å². The van der Waals surface area contributed by atoms with Gasteiger partial charge in [0.15, 0.2) is 0 Å². The maximum atomic E-state index is 13.5. The Labute approximate surface area is 130 Å². The lowest BCUT2D eigenvalue weighted by molar-refractivity contribution is 0.194. The Morgan fingerprint density at radius 3 is 2.30 bits per heavy atom. The van der Waals surface area contributed by atoms with Crippen molar-refractivity contribution in [3.05, 3.63) is 34.1 Å². The molecule has 114 valence electrons. The number of nitrogens with zero attached hydrogens (tertiary/aromatic N) is 1. The molecule has 0 fully saturated rings. The van der Waals surface area contributed by atoms with Crippen LogP contribution in [0.2, 0.25) is 0 Å². The van der Waals surface area contributed by atoms with Gasteiger partial charge in [-0.05, 0) is 49.7 Å². The molecule has 1 aromatic rings. The molecule has 0 saturated heterocycles. The summed E-state index contributed by atoms with van der Waals surface area (Å²) in [5.74, 6) is -0.201. The molecule has 0 aromatic heterocycles. The smallest absolute Gasteiger partial charge is 0.123 e. The van der Waals surface area contributed by atoms with Crippen molar-refractivity contribution in [1.82, 2.24) is 4.90 Å². The number of unbranched alkanes of at least 4 members (excludes halogenated alkanes) is 2. The summed E-state index contributed by atoms with van der Waals surface area (Å²) < 4.78 is 14.5. The third-order valence-electron chi connectivity index (χ3n) is 3.58. The van der Waals surface area contributed by atoms with E-state index in [9.17, 15) is 4.39 Å². The zero-order valence-corrected chi connectivity index (χ0v) is 14.1. The van der Waals surface area contributed by atoms with Crippen molar-refractivity contribution in [3.63, 3.8) is 0 Å².